The van der Waals surface area contributed by atoms with Crippen molar-refractivity contribution in [1.82, 2.24) is 0 Å². The van der Waals surface area contributed by atoms with Gasteiger partial charge in [0.2, 0.25) is 0 Å². The molecule has 0 radical (unpaired) electrons. The maximum atomic E-state index is 10.2. The molecular formula is C16H34O. The number of rotatable bonds is 9. The zero-order chi connectivity index (χ0) is 13.5. The Hall–Kier alpha value is -0.0400. The SMILES string of the molecule is CCCCCCCCC(C)C(C)(C)C(C)(C)O. The molecule has 1 heteroatoms. The van der Waals surface area contributed by atoms with Gasteiger partial charge in [0.1, 0.15) is 0 Å². The molecule has 0 aromatic heterocycles. The topological polar surface area (TPSA) is 20.2 Å². The first-order valence-corrected chi connectivity index (χ1v) is 7.45. The van der Waals surface area contributed by atoms with Crippen molar-refractivity contribution in [2.45, 2.75) is 92.1 Å². The average molecular weight is 242 g/mol. The van der Waals surface area contributed by atoms with Gasteiger partial charge in [-0.2, -0.15) is 0 Å². The van der Waals surface area contributed by atoms with Gasteiger partial charge in [-0.25, -0.2) is 0 Å². The highest BCUT2D eigenvalue weighted by atomic mass is 16.3. The lowest BCUT2D eigenvalue weighted by Gasteiger charge is -2.42. The minimum absolute atomic E-state index is 0.00355. The maximum absolute atomic E-state index is 10.2. The van der Waals surface area contributed by atoms with E-state index >= 15 is 0 Å². The standard InChI is InChI=1S/C16H34O/c1-7-8-9-10-11-12-13-14(2)15(3,4)16(5,6)17/h14,17H,7-13H2,1-6H3. The lowest BCUT2D eigenvalue weighted by Crippen LogP contribution is -2.43. The molecule has 0 aromatic carbocycles. The molecule has 0 amide bonds. The summed E-state index contributed by atoms with van der Waals surface area (Å²) in [5.74, 6) is 0.577. The summed E-state index contributed by atoms with van der Waals surface area (Å²) in [6.07, 6.45) is 9.37. The molecule has 0 aromatic rings. The van der Waals surface area contributed by atoms with Crippen molar-refractivity contribution >= 4 is 0 Å². The number of hydrogen-bond donors (Lipinski definition) is 1. The minimum Gasteiger partial charge on any atom is -0.390 e. The first-order chi connectivity index (χ1) is 7.73. The largest absolute Gasteiger partial charge is 0.390 e. The van der Waals surface area contributed by atoms with Gasteiger partial charge < -0.3 is 5.11 Å². The van der Waals surface area contributed by atoms with Crippen molar-refractivity contribution in [1.29, 1.82) is 0 Å². The summed E-state index contributed by atoms with van der Waals surface area (Å²) in [6.45, 7) is 12.8. The fourth-order valence-electron chi connectivity index (χ4n) is 2.19. The Morgan fingerprint density at radius 3 is 1.82 bits per heavy atom. The van der Waals surface area contributed by atoms with Gasteiger partial charge in [-0.3, -0.25) is 0 Å². The van der Waals surface area contributed by atoms with Gasteiger partial charge in [0.05, 0.1) is 5.60 Å². The van der Waals surface area contributed by atoms with Crippen molar-refractivity contribution in [3.05, 3.63) is 0 Å². The summed E-state index contributed by atoms with van der Waals surface area (Å²) < 4.78 is 0. The fourth-order valence-corrected chi connectivity index (χ4v) is 2.19. The number of unbranched alkanes of at least 4 members (excludes halogenated alkanes) is 5. The van der Waals surface area contributed by atoms with Crippen molar-refractivity contribution in [2.75, 3.05) is 0 Å². The highest BCUT2D eigenvalue weighted by Gasteiger charge is 2.39. The Bertz CT molecular complexity index is 188. The molecule has 0 rings (SSSR count). The predicted molar refractivity (Wildman–Crippen MR) is 77.2 cm³/mol. The van der Waals surface area contributed by atoms with E-state index in [4.69, 9.17) is 0 Å². The second kappa shape index (κ2) is 7.41. The molecule has 1 atom stereocenters. The monoisotopic (exact) mass is 242 g/mol. The predicted octanol–water partition coefficient (Wildman–Crippen LogP) is 5.17. The quantitative estimate of drug-likeness (QED) is 0.553. The van der Waals surface area contributed by atoms with Crippen molar-refractivity contribution < 1.29 is 5.11 Å². The average Bonchev–Trinajstić information content (AvgIpc) is 2.21. The molecule has 1 N–H and O–H groups in total. The van der Waals surface area contributed by atoms with Crippen LogP contribution in [0.5, 0.6) is 0 Å². The van der Waals surface area contributed by atoms with Crippen LogP contribution in [-0.4, -0.2) is 10.7 Å². The zero-order valence-electron chi connectivity index (χ0n) is 13.0. The first-order valence-electron chi connectivity index (χ1n) is 7.45. The number of hydrogen-bond acceptors (Lipinski definition) is 1. The van der Waals surface area contributed by atoms with Crippen molar-refractivity contribution in [3.8, 4) is 0 Å². The normalized spacial score (nSPS) is 15.0. The Kier molecular flexibility index (Phi) is 7.39. The van der Waals surface area contributed by atoms with Gasteiger partial charge in [-0.05, 0) is 25.2 Å². The molecule has 0 saturated heterocycles. The van der Waals surface area contributed by atoms with E-state index in [1.165, 1.54) is 44.9 Å². The summed E-state index contributed by atoms with van der Waals surface area (Å²) in [5.41, 5.74) is -0.592. The molecule has 0 heterocycles. The summed E-state index contributed by atoms with van der Waals surface area (Å²) in [7, 11) is 0. The molecule has 1 nitrogen and oxygen atoms in total. The molecule has 0 aliphatic rings. The van der Waals surface area contributed by atoms with E-state index in [0.717, 1.165) is 0 Å². The van der Waals surface area contributed by atoms with E-state index in [2.05, 4.69) is 27.7 Å². The van der Waals surface area contributed by atoms with Crippen LogP contribution in [0.25, 0.3) is 0 Å². The molecule has 1 unspecified atom stereocenters. The third-order valence-electron chi connectivity index (χ3n) is 4.80. The van der Waals surface area contributed by atoms with Gasteiger partial charge in [0.25, 0.3) is 0 Å². The lowest BCUT2D eigenvalue weighted by atomic mass is 9.67. The molecule has 0 bridgehead atoms. The van der Waals surface area contributed by atoms with Crippen LogP contribution in [0.3, 0.4) is 0 Å². The first kappa shape index (κ1) is 17.0. The van der Waals surface area contributed by atoms with E-state index in [-0.39, 0.29) is 5.41 Å². The number of aliphatic hydroxyl groups is 1. The molecule has 0 saturated carbocycles. The van der Waals surface area contributed by atoms with Gasteiger partial charge in [0.15, 0.2) is 0 Å². The Balaban J connectivity index is 3.82. The van der Waals surface area contributed by atoms with Gasteiger partial charge in [0, 0.05) is 0 Å². The third-order valence-corrected chi connectivity index (χ3v) is 4.80. The zero-order valence-corrected chi connectivity index (χ0v) is 13.0. The molecule has 0 aliphatic heterocycles. The van der Waals surface area contributed by atoms with Crippen molar-refractivity contribution in [2.24, 2.45) is 11.3 Å². The summed E-state index contributed by atoms with van der Waals surface area (Å²) in [5, 5.41) is 10.2. The summed E-state index contributed by atoms with van der Waals surface area (Å²) >= 11 is 0. The second-order valence-electron chi connectivity index (χ2n) is 6.74. The molecule has 0 fully saturated rings. The summed E-state index contributed by atoms with van der Waals surface area (Å²) in [4.78, 5) is 0. The Labute approximate surface area is 109 Å². The van der Waals surface area contributed by atoms with Gasteiger partial charge >= 0.3 is 0 Å². The minimum atomic E-state index is -0.589. The van der Waals surface area contributed by atoms with Crippen LogP contribution in [0.15, 0.2) is 0 Å². The van der Waals surface area contributed by atoms with Crippen LogP contribution in [0, 0.1) is 11.3 Å². The fraction of sp³-hybridized carbons (Fsp3) is 1.00. The van der Waals surface area contributed by atoms with Gasteiger partial charge in [-0.1, -0.05) is 72.6 Å². The van der Waals surface area contributed by atoms with Crippen LogP contribution in [0.4, 0.5) is 0 Å². The van der Waals surface area contributed by atoms with Crippen LogP contribution in [-0.2, 0) is 0 Å². The van der Waals surface area contributed by atoms with E-state index in [1.807, 2.05) is 13.8 Å². The van der Waals surface area contributed by atoms with E-state index in [1.54, 1.807) is 0 Å². The van der Waals surface area contributed by atoms with Crippen LogP contribution in [0.2, 0.25) is 0 Å². The van der Waals surface area contributed by atoms with Crippen LogP contribution >= 0.6 is 0 Å². The van der Waals surface area contributed by atoms with Crippen LogP contribution in [0.1, 0.15) is 86.5 Å². The molecule has 0 spiro atoms. The molecule has 17 heavy (non-hydrogen) atoms. The van der Waals surface area contributed by atoms with E-state index < -0.39 is 5.60 Å². The Morgan fingerprint density at radius 2 is 1.35 bits per heavy atom. The van der Waals surface area contributed by atoms with E-state index in [0.29, 0.717) is 5.92 Å². The lowest BCUT2D eigenvalue weighted by molar-refractivity contribution is -0.0667. The smallest absolute Gasteiger partial charge is 0.0644 e. The highest BCUT2D eigenvalue weighted by Crippen LogP contribution is 2.40. The molecule has 0 aliphatic carbocycles. The van der Waals surface area contributed by atoms with E-state index in [9.17, 15) is 5.11 Å². The molecular weight excluding hydrogens is 208 g/mol. The molecule has 104 valence electrons. The Morgan fingerprint density at radius 1 is 0.882 bits per heavy atom. The maximum Gasteiger partial charge on any atom is 0.0644 e. The van der Waals surface area contributed by atoms with Crippen molar-refractivity contribution in [3.63, 3.8) is 0 Å². The second-order valence-corrected chi connectivity index (χ2v) is 6.74. The van der Waals surface area contributed by atoms with Crippen LogP contribution < -0.4 is 0 Å². The summed E-state index contributed by atoms with van der Waals surface area (Å²) in [6, 6.07) is 0. The van der Waals surface area contributed by atoms with Gasteiger partial charge in [-0.15, -0.1) is 0 Å². The third kappa shape index (κ3) is 5.90. The highest BCUT2D eigenvalue weighted by molar-refractivity contribution is 4.89.